The quantitative estimate of drug-likeness (QED) is 0.0304. The molecule has 508 valence electrons. The molecule has 25 heteroatoms. The van der Waals surface area contributed by atoms with Gasteiger partial charge in [-0.25, -0.2) is 0 Å². The zero-order valence-corrected chi connectivity index (χ0v) is 51.8. The Labute approximate surface area is 514 Å². The van der Waals surface area contributed by atoms with Crippen LogP contribution in [0.2, 0.25) is 0 Å². The Kier molecular flexibility index (Phi) is 38.4. The van der Waals surface area contributed by atoms with E-state index in [2.05, 4.69) is 36.6 Å². The van der Waals surface area contributed by atoms with Crippen LogP contribution in [0.25, 0.3) is 0 Å². The second kappa shape index (κ2) is 43.4. The second-order valence-electron chi connectivity index (χ2n) is 23.9. The van der Waals surface area contributed by atoms with Crippen LogP contribution >= 0.6 is 0 Å². The summed E-state index contributed by atoms with van der Waals surface area (Å²) in [5, 5.41) is 147. The molecule has 0 aromatic rings. The van der Waals surface area contributed by atoms with E-state index in [0.29, 0.717) is 12.8 Å². The van der Waals surface area contributed by atoms with Gasteiger partial charge in [0.25, 0.3) is 0 Å². The number of carbonyl (C=O) groups is 2. The molecule has 4 rings (SSSR count). The fraction of sp³-hybridized carbons (Fsp3) is 0.903. The van der Waals surface area contributed by atoms with E-state index in [9.17, 15) is 76.0 Å². The molecule has 0 bridgehead atoms. The Bertz CT molecular complexity index is 1870. The van der Waals surface area contributed by atoms with Crippen molar-refractivity contribution >= 4 is 11.8 Å². The highest BCUT2D eigenvalue weighted by atomic mass is 16.8. The van der Waals surface area contributed by atoms with Gasteiger partial charge in [-0.05, 0) is 44.9 Å². The van der Waals surface area contributed by atoms with Crippen molar-refractivity contribution < 1.29 is 114 Å². The van der Waals surface area contributed by atoms with Gasteiger partial charge in [-0.15, -0.1) is 0 Å². The molecule has 2 amide bonds. The second-order valence-corrected chi connectivity index (χ2v) is 23.9. The summed E-state index contributed by atoms with van der Waals surface area (Å²) in [7, 11) is 0. The van der Waals surface area contributed by atoms with Crippen LogP contribution in [0.1, 0.15) is 188 Å². The highest BCUT2D eigenvalue weighted by molar-refractivity contribution is 5.76. The van der Waals surface area contributed by atoms with E-state index in [1.165, 1.54) is 89.9 Å². The van der Waals surface area contributed by atoms with Crippen molar-refractivity contribution in [3.8, 4) is 0 Å². The average molecular weight is 1250 g/mol. The Morgan fingerprint density at radius 2 is 0.851 bits per heavy atom. The predicted octanol–water partition coefficient (Wildman–Crippen LogP) is 1.56. The maximum Gasteiger partial charge on any atom is 0.220 e. The number of unbranched alkanes of at least 4 members (excludes halogenated alkanes) is 22. The van der Waals surface area contributed by atoms with E-state index < -0.39 is 174 Å². The van der Waals surface area contributed by atoms with Crippen LogP contribution in [0.3, 0.4) is 0 Å². The molecule has 0 saturated carbocycles. The van der Waals surface area contributed by atoms with Gasteiger partial charge in [0, 0.05) is 13.3 Å². The largest absolute Gasteiger partial charge is 0.394 e. The van der Waals surface area contributed by atoms with Gasteiger partial charge < -0.3 is 115 Å². The predicted molar refractivity (Wildman–Crippen MR) is 317 cm³/mol. The number of hydrogen-bond acceptors (Lipinski definition) is 23. The van der Waals surface area contributed by atoms with E-state index in [1.54, 1.807) is 6.08 Å². The zero-order chi connectivity index (χ0) is 63.7. The summed E-state index contributed by atoms with van der Waals surface area (Å²) in [6.07, 6.45) is 1.11. The van der Waals surface area contributed by atoms with Gasteiger partial charge in [0.15, 0.2) is 25.2 Å². The smallest absolute Gasteiger partial charge is 0.220 e. The van der Waals surface area contributed by atoms with Gasteiger partial charge in [0.1, 0.15) is 97.6 Å². The Morgan fingerprint density at radius 3 is 1.34 bits per heavy atom. The molecule has 15 N–H and O–H groups in total. The van der Waals surface area contributed by atoms with Gasteiger partial charge >= 0.3 is 0 Å². The fourth-order valence-corrected chi connectivity index (χ4v) is 11.4. The summed E-state index contributed by atoms with van der Waals surface area (Å²) in [5.74, 6) is -1.01. The third-order valence-electron chi connectivity index (χ3n) is 16.8. The van der Waals surface area contributed by atoms with Gasteiger partial charge in [-0.3, -0.25) is 9.59 Å². The third kappa shape index (κ3) is 25.9. The number of ether oxygens (including phenoxy) is 8. The number of amides is 2. The van der Waals surface area contributed by atoms with Gasteiger partial charge in [-0.2, -0.15) is 0 Å². The minimum atomic E-state index is -2.10. The molecule has 4 saturated heterocycles. The number of aliphatic hydroxyl groups excluding tert-OH is 13. The Balaban J connectivity index is 1.34. The molecule has 0 aromatic heterocycles. The number of carbonyl (C=O) groups excluding carboxylic acids is 2. The average Bonchev–Trinajstić information content (AvgIpc) is 3.39. The number of aliphatic hydroxyl groups is 13. The topological polar surface area (TPSA) is 395 Å². The van der Waals surface area contributed by atoms with Crippen LogP contribution in [0.15, 0.2) is 24.3 Å². The molecule has 87 heavy (non-hydrogen) atoms. The monoisotopic (exact) mass is 1250 g/mol. The third-order valence-corrected chi connectivity index (χ3v) is 16.8. The van der Waals surface area contributed by atoms with Crippen LogP contribution in [0.5, 0.6) is 0 Å². The summed E-state index contributed by atoms with van der Waals surface area (Å²) < 4.78 is 46.4. The molecule has 25 nitrogen and oxygen atoms in total. The van der Waals surface area contributed by atoms with Crippen molar-refractivity contribution in [3.63, 3.8) is 0 Å². The summed E-state index contributed by atoms with van der Waals surface area (Å²) in [6.45, 7) is 1.59. The summed E-state index contributed by atoms with van der Waals surface area (Å²) >= 11 is 0. The molecule has 0 unspecified atom stereocenters. The van der Waals surface area contributed by atoms with Crippen molar-refractivity contribution in [2.45, 2.75) is 323 Å². The van der Waals surface area contributed by atoms with E-state index in [-0.39, 0.29) is 12.3 Å². The molecule has 0 aromatic carbocycles. The first-order chi connectivity index (χ1) is 42.0. The SMILES string of the molecule is CCCCCCCCC=CCCCCCCCC(=O)N[C@@H](CO[C@@H]1O[C@H](CO)[C@@H](O[C@@H]2O[C@H](CO)[C@H](O[C@H]3O[C@H](CO)[C@H](O)[C@H](O[C@@H]4O[C@H](CO)[C@H](O)[C@H](O)[C@H]4NC(C)=O)[C@H]3O)[C@H](O)[C@H]2O)[C@H](O)[C@H]1O)[C@H](O)C=CCCCCCCCCCCCCC. The van der Waals surface area contributed by atoms with Crippen molar-refractivity contribution in [3.05, 3.63) is 24.3 Å². The maximum atomic E-state index is 13.4. The lowest BCUT2D eigenvalue weighted by Crippen LogP contribution is -2.69. The Morgan fingerprint density at radius 1 is 0.448 bits per heavy atom. The van der Waals surface area contributed by atoms with Crippen LogP contribution in [-0.2, 0) is 47.5 Å². The standard InChI is InChI=1S/C62H112N2O23/c1-4-6-8-10-12-14-16-18-19-21-23-25-27-29-31-33-46(71)64-40(41(70)32-30-28-26-24-22-20-17-15-13-11-9-7-5-2)38-80-60-53(77)51(75)56(44(36-67)83-60)85-61-54(78)52(76)57(45(37-68)84-61)86-62-55(79)58(49(73)43(35-66)82-62)87-59-47(63-39(3)69)50(74)48(72)42(34-65)81-59/h18-19,30,32,40-45,47-62,65-68,70,72-79H,4-17,20-29,31,33-38H2,1-3H3,(H,63,69)(H,64,71)/t40-,41+,42+,43+,44+,45+,47+,48-,49-,50+,51+,52+,53+,54+,55+,56+,57-,58-,59-,60+,61-,62+/m0/s1. The van der Waals surface area contributed by atoms with Crippen molar-refractivity contribution in [2.75, 3.05) is 33.0 Å². The first-order valence-electron chi connectivity index (χ1n) is 32.6. The van der Waals surface area contributed by atoms with Crippen molar-refractivity contribution in [1.29, 1.82) is 0 Å². The lowest BCUT2D eigenvalue weighted by atomic mass is 9.95. The minimum absolute atomic E-state index is 0.204. The number of allylic oxidation sites excluding steroid dienone is 3. The molecular weight excluding hydrogens is 1140 g/mol. The highest BCUT2D eigenvalue weighted by Gasteiger charge is 2.56. The highest BCUT2D eigenvalue weighted by Crippen LogP contribution is 2.35. The van der Waals surface area contributed by atoms with E-state index >= 15 is 0 Å². The summed E-state index contributed by atoms with van der Waals surface area (Å²) in [5.41, 5.74) is 0. The molecule has 22 atom stereocenters. The summed E-state index contributed by atoms with van der Waals surface area (Å²) in [4.78, 5) is 25.4. The van der Waals surface area contributed by atoms with Crippen molar-refractivity contribution in [2.24, 2.45) is 0 Å². The minimum Gasteiger partial charge on any atom is -0.394 e. The van der Waals surface area contributed by atoms with Crippen LogP contribution < -0.4 is 10.6 Å². The van der Waals surface area contributed by atoms with Crippen LogP contribution in [0.4, 0.5) is 0 Å². The first kappa shape index (κ1) is 77.0. The van der Waals surface area contributed by atoms with Gasteiger partial charge in [0.05, 0.1) is 45.2 Å². The molecular formula is C62H112N2O23. The molecule has 0 aliphatic carbocycles. The van der Waals surface area contributed by atoms with Crippen LogP contribution in [0, 0.1) is 0 Å². The van der Waals surface area contributed by atoms with E-state index in [0.717, 1.165) is 64.7 Å². The molecule has 4 aliphatic heterocycles. The first-order valence-corrected chi connectivity index (χ1v) is 32.6. The zero-order valence-electron chi connectivity index (χ0n) is 51.8. The molecule has 4 heterocycles. The Hall–Kier alpha value is -2.42. The lowest BCUT2D eigenvalue weighted by molar-refractivity contribution is -0.386. The number of nitrogens with one attached hydrogen (secondary N) is 2. The maximum absolute atomic E-state index is 13.4. The van der Waals surface area contributed by atoms with Crippen molar-refractivity contribution in [1.82, 2.24) is 10.6 Å². The van der Waals surface area contributed by atoms with E-state index in [4.69, 9.17) is 37.9 Å². The van der Waals surface area contributed by atoms with Gasteiger partial charge in [0.2, 0.25) is 11.8 Å². The molecule has 0 radical (unpaired) electrons. The molecule has 4 fully saturated rings. The summed E-state index contributed by atoms with van der Waals surface area (Å²) in [6, 6.07) is -2.53. The fourth-order valence-electron chi connectivity index (χ4n) is 11.4. The molecule has 4 aliphatic rings. The van der Waals surface area contributed by atoms with Crippen LogP contribution in [-0.4, -0.2) is 246 Å². The van der Waals surface area contributed by atoms with Gasteiger partial charge in [-0.1, -0.05) is 154 Å². The number of hydrogen-bond donors (Lipinski definition) is 15. The number of rotatable bonds is 44. The van der Waals surface area contributed by atoms with E-state index in [1.807, 2.05) is 6.08 Å². The molecule has 0 spiro atoms. The normalized spacial score (nSPS) is 33.9. The lowest BCUT2D eigenvalue weighted by Gasteiger charge is -2.49.